The molecule has 0 aliphatic heterocycles. The molecule has 0 radical (unpaired) electrons. The molecule has 6 heteroatoms. The van der Waals surface area contributed by atoms with Crippen molar-refractivity contribution in [2.75, 3.05) is 14.2 Å². The molecular weight excluding hydrogens is 394 g/mol. The largest absolute Gasteiger partial charge is 0.493 e. The molecule has 0 aliphatic rings. The summed E-state index contributed by atoms with van der Waals surface area (Å²) < 4.78 is 13.0. The smallest absolute Gasteiger partial charge is 0.215 e. The van der Waals surface area contributed by atoms with Gasteiger partial charge in [-0.15, -0.1) is 16.4 Å². The number of hydrogen-bond acceptors (Lipinski definition) is 5. The van der Waals surface area contributed by atoms with Crippen molar-refractivity contribution in [3.8, 4) is 28.4 Å². The third-order valence-electron chi connectivity index (χ3n) is 4.55. The molecule has 0 saturated heterocycles. The summed E-state index contributed by atoms with van der Waals surface area (Å²) in [5.41, 5.74) is 4.02. The van der Waals surface area contributed by atoms with Gasteiger partial charge in [-0.1, -0.05) is 48.5 Å². The highest BCUT2D eigenvalue weighted by Crippen LogP contribution is 2.33. The molecule has 30 heavy (non-hydrogen) atoms. The summed E-state index contributed by atoms with van der Waals surface area (Å²) in [5, 5.41) is 10.9. The minimum atomic E-state index is 0.682. The van der Waals surface area contributed by atoms with Crippen molar-refractivity contribution in [1.82, 2.24) is 4.57 Å². The molecule has 0 aliphatic carbocycles. The average molecular weight is 416 g/mol. The number of thiazole rings is 1. The first-order chi connectivity index (χ1) is 14.8. The first kappa shape index (κ1) is 19.7. The average Bonchev–Trinajstić information content (AvgIpc) is 3.23. The first-order valence-electron chi connectivity index (χ1n) is 9.40. The Kier molecular flexibility index (Phi) is 6.06. The van der Waals surface area contributed by atoms with Crippen LogP contribution in [0.1, 0.15) is 5.56 Å². The number of benzene rings is 3. The van der Waals surface area contributed by atoms with Crippen molar-refractivity contribution in [2.45, 2.75) is 0 Å². The lowest BCUT2D eigenvalue weighted by Gasteiger charge is -2.12. The molecule has 5 nitrogen and oxygen atoms in total. The molecular formula is C24H21N3O2S. The first-order valence-corrected chi connectivity index (χ1v) is 10.3. The van der Waals surface area contributed by atoms with Gasteiger partial charge in [0.1, 0.15) is 0 Å². The van der Waals surface area contributed by atoms with Crippen molar-refractivity contribution >= 4 is 17.6 Å². The van der Waals surface area contributed by atoms with Crippen LogP contribution in [-0.2, 0) is 0 Å². The maximum absolute atomic E-state index is 5.49. The summed E-state index contributed by atoms with van der Waals surface area (Å²) in [6.45, 7) is 0. The topological polar surface area (TPSA) is 48.1 Å². The van der Waals surface area contributed by atoms with E-state index in [0.29, 0.717) is 11.5 Å². The van der Waals surface area contributed by atoms with Gasteiger partial charge in [0, 0.05) is 16.6 Å². The molecule has 0 unspecified atom stereocenters. The number of rotatable bonds is 6. The van der Waals surface area contributed by atoms with Gasteiger partial charge < -0.3 is 9.47 Å². The van der Waals surface area contributed by atoms with Gasteiger partial charge in [-0.3, -0.25) is 4.57 Å². The number of aromatic nitrogens is 1. The zero-order valence-electron chi connectivity index (χ0n) is 16.7. The number of ether oxygens (including phenoxy) is 2. The lowest BCUT2D eigenvalue weighted by Crippen LogP contribution is -2.13. The van der Waals surface area contributed by atoms with E-state index in [-0.39, 0.29) is 0 Å². The molecule has 0 atom stereocenters. The summed E-state index contributed by atoms with van der Waals surface area (Å²) in [4.78, 5) is 0.776. The van der Waals surface area contributed by atoms with Crippen LogP contribution in [0.25, 0.3) is 16.9 Å². The van der Waals surface area contributed by atoms with Gasteiger partial charge in [0.15, 0.2) is 11.5 Å². The highest BCUT2D eigenvalue weighted by atomic mass is 32.1. The fourth-order valence-corrected chi connectivity index (χ4v) is 3.95. The summed E-state index contributed by atoms with van der Waals surface area (Å²) in [5.74, 6) is 1.38. The fraction of sp³-hybridized carbons (Fsp3) is 0.0833. The van der Waals surface area contributed by atoms with Crippen molar-refractivity contribution in [3.05, 3.63) is 94.6 Å². The molecule has 0 fully saturated rings. The maximum atomic E-state index is 5.49. The van der Waals surface area contributed by atoms with Crippen molar-refractivity contribution < 1.29 is 9.47 Å². The van der Waals surface area contributed by atoms with E-state index in [9.17, 15) is 0 Å². The summed E-state index contributed by atoms with van der Waals surface area (Å²) >= 11 is 1.53. The van der Waals surface area contributed by atoms with Gasteiger partial charge in [-0.25, -0.2) is 0 Å². The molecule has 1 aromatic heterocycles. The fourth-order valence-electron chi connectivity index (χ4n) is 3.09. The Morgan fingerprint density at radius 1 is 0.833 bits per heavy atom. The number of methoxy groups -OCH3 is 2. The van der Waals surface area contributed by atoms with Crippen LogP contribution in [0.15, 0.2) is 94.4 Å². The second kappa shape index (κ2) is 9.24. The Morgan fingerprint density at radius 2 is 1.53 bits per heavy atom. The van der Waals surface area contributed by atoms with E-state index in [0.717, 1.165) is 27.3 Å². The third-order valence-corrected chi connectivity index (χ3v) is 5.37. The van der Waals surface area contributed by atoms with Crippen molar-refractivity contribution in [1.29, 1.82) is 0 Å². The molecule has 1 heterocycles. The van der Waals surface area contributed by atoms with E-state index in [4.69, 9.17) is 9.47 Å². The minimum absolute atomic E-state index is 0.682. The SMILES string of the molecule is COc1ccc(-c2cs/c(=N\N=C\c3ccccc3)n2-c2ccccc2)cc1OC. The van der Waals surface area contributed by atoms with E-state index in [1.165, 1.54) is 11.3 Å². The van der Waals surface area contributed by atoms with Crippen LogP contribution in [0.4, 0.5) is 0 Å². The van der Waals surface area contributed by atoms with Gasteiger partial charge in [-0.2, -0.15) is 5.10 Å². The Morgan fingerprint density at radius 3 is 2.23 bits per heavy atom. The van der Waals surface area contributed by atoms with Crippen LogP contribution in [0.2, 0.25) is 0 Å². The molecule has 4 rings (SSSR count). The summed E-state index contributed by atoms with van der Waals surface area (Å²) in [6, 6.07) is 25.9. The predicted octanol–water partition coefficient (Wildman–Crippen LogP) is 5.16. The Hall–Kier alpha value is -3.64. The van der Waals surface area contributed by atoms with Crippen LogP contribution in [-0.4, -0.2) is 25.0 Å². The molecule has 0 N–H and O–H groups in total. The second-order valence-electron chi connectivity index (χ2n) is 6.40. The zero-order chi connectivity index (χ0) is 20.8. The molecule has 0 amide bonds. The van der Waals surface area contributed by atoms with Crippen LogP contribution in [0.3, 0.4) is 0 Å². The maximum Gasteiger partial charge on any atom is 0.215 e. The molecule has 0 saturated carbocycles. The molecule has 4 aromatic rings. The van der Waals surface area contributed by atoms with Crippen LogP contribution < -0.4 is 14.3 Å². The second-order valence-corrected chi connectivity index (χ2v) is 7.24. The van der Waals surface area contributed by atoms with Gasteiger partial charge in [0.05, 0.1) is 26.1 Å². The lowest BCUT2D eigenvalue weighted by molar-refractivity contribution is 0.355. The molecule has 0 spiro atoms. The predicted molar refractivity (Wildman–Crippen MR) is 122 cm³/mol. The van der Waals surface area contributed by atoms with E-state index in [2.05, 4.69) is 32.3 Å². The molecule has 3 aromatic carbocycles. The van der Waals surface area contributed by atoms with E-state index in [1.54, 1.807) is 20.4 Å². The monoisotopic (exact) mass is 415 g/mol. The van der Waals surface area contributed by atoms with Gasteiger partial charge in [0.2, 0.25) is 4.80 Å². The van der Waals surface area contributed by atoms with Crippen molar-refractivity contribution in [2.24, 2.45) is 10.2 Å². The van der Waals surface area contributed by atoms with Crippen molar-refractivity contribution in [3.63, 3.8) is 0 Å². The third kappa shape index (κ3) is 4.18. The van der Waals surface area contributed by atoms with E-state index >= 15 is 0 Å². The highest BCUT2D eigenvalue weighted by Gasteiger charge is 2.13. The number of para-hydroxylation sites is 1. The highest BCUT2D eigenvalue weighted by molar-refractivity contribution is 7.07. The summed E-state index contributed by atoms with van der Waals surface area (Å²) in [6.07, 6.45) is 1.76. The Bertz CT molecular complexity index is 1210. The van der Waals surface area contributed by atoms with Gasteiger partial charge in [0.25, 0.3) is 0 Å². The van der Waals surface area contributed by atoms with Crippen LogP contribution in [0, 0.1) is 0 Å². The van der Waals surface area contributed by atoms with E-state index < -0.39 is 0 Å². The molecule has 150 valence electrons. The molecule has 0 bridgehead atoms. The quantitative estimate of drug-likeness (QED) is 0.323. The minimum Gasteiger partial charge on any atom is -0.493 e. The van der Waals surface area contributed by atoms with Crippen LogP contribution >= 0.6 is 11.3 Å². The van der Waals surface area contributed by atoms with Crippen LogP contribution in [0.5, 0.6) is 11.5 Å². The zero-order valence-corrected chi connectivity index (χ0v) is 17.5. The van der Waals surface area contributed by atoms with Gasteiger partial charge >= 0.3 is 0 Å². The normalized spacial score (nSPS) is 11.7. The lowest BCUT2D eigenvalue weighted by atomic mass is 10.1. The van der Waals surface area contributed by atoms with E-state index in [1.807, 2.05) is 66.7 Å². The summed E-state index contributed by atoms with van der Waals surface area (Å²) in [7, 11) is 3.27. The number of nitrogens with zero attached hydrogens (tertiary/aromatic N) is 3. The Labute approximate surface area is 179 Å². The van der Waals surface area contributed by atoms with Gasteiger partial charge in [-0.05, 0) is 35.9 Å². The number of hydrogen-bond donors (Lipinski definition) is 0. The Balaban J connectivity index is 1.83. The standard InChI is InChI=1S/C24H21N3O2S/c1-28-22-14-13-19(15-23(22)29-2)21-17-30-24(27(21)20-11-7-4-8-12-20)26-25-16-18-9-5-3-6-10-18/h3-17H,1-2H3/b25-16+,26-24-.